The van der Waals surface area contributed by atoms with Crippen LogP contribution in [0.25, 0.3) is 32.0 Å². The van der Waals surface area contributed by atoms with Crippen molar-refractivity contribution in [3.63, 3.8) is 0 Å². The third-order valence-corrected chi connectivity index (χ3v) is 9.48. The number of H-pyrrole nitrogens is 1. The van der Waals surface area contributed by atoms with Crippen molar-refractivity contribution in [2.24, 2.45) is 10.8 Å². The van der Waals surface area contributed by atoms with Gasteiger partial charge in [-0.1, -0.05) is 39.8 Å². The van der Waals surface area contributed by atoms with E-state index in [1.165, 1.54) is 12.8 Å². The minimum absolute atomic E-state index is 0.120. The van der Waals surface area contributed by atoms with Crippen molar-refractivity contribution in [1.29, 1.82) is 0 Å². The maximum Gasteiger partial charge on any atom is 0.133 e. The number of aromatic amines is 1. The van der Waals surface area contributed by atoms with Gasteiger partial charge in [-0.05, 0) is 67.2 Å². The fourth-order valence-corrected chi connectivity index (χ4v) is 8.28. The van der Waals surface area contributed by atoms with Gasteiger partial charge < -0.3 is 10.2 Å². The van der Waals surface area contributed by atoms with Gasteiger partial charge in [0.2, 0.25) is 0 Å². The third kappa shape index (κ3) is 4.12. The van der Waals surface area contributed by atoms with Gasteiger partial charge in [-0.15, -0.1) is 11.3 Å². The number of benzene rings is 2. The van der Waals surface area contributed by atoms with Gasteiger partial charge in [-0.2, -0.15) is 5.10 Å². The lowest BCUT2D eigenvalue weighted by Gasteiger charge is -2.40. The van der Waals surface area contributed by atoms with Crippen molar-refractivity contribution >= 4 is 21.6 Å². The zero-order valence-electron chi connectivity index (χ0n) is 22.4. The number of thiazole rings is 1. The van der Waals surface area contributed by atoms with E-state index in [2.05, 4.69) is 41.9 Å². The van der Waals surface area contributed by atoms with Crippen LogP contribution in [0.4, 0.5) is 0 Å². The summed E-state index contributed by atoms with van der Waals surface area (Å²) in [6.45, 7) is 12.7. The van der Waals surface area contributed by atoms with Gasteiger partial charge in [0, 0.05) is 30.4 Å². The standard InChI is InChI=1S/C30H36N4O2S/c1-6-18-11-20(25-24(17(2)32-33-25)28-31-22-9-7-8-10-23(22)37-28)27(36)21(26(18)35)14-34-16-30(5)13-19(34)12-29(3,4)15-30/h7-11,19,35-36H,6,12-16H2,1-5H3,(H,32,33)/t19-,30-/m0/s1. The number of likely N-dealkylation sites (tertiary alicyclic amines) is 1. The molecule has 2 aliphatic rings. The Labute approximate surface area is 222 Å². The van der Waals surface area contributed by atoms with Gasteiger partial charge in [0.05, 0.1) is 21.3 Å². The molecule has 2 aromatic carbocycles. The van der Waals surface area contributed by atoms with Gasteiger partial charge in [0.25, 0.3) is 0 Å². The molecule has 0 amide bonds. The lowest BCUT2D eigenvalue weighted by atomic mass is 9.65. The fraction of sp³-hybridized carbons (Fsp3) is 0.467. The van der Waals surface area contributed by atoms with E-state index >= 15 is 0 Å². The zero-order chi connectivity index (χ0) is 26.1. The molecule has 37 heavy (non-hydrogen) atoms. The van der Waals surface area contributed by atoms with E-state index in [9.17, 15) is 10.2 Å². The van der Waals surface area contributed by atoms with Crippen LogP contribution in [0.1, 0.15) is 63.8 Å². The summed E-state index contributed by atoms with van der Waals surface area (Å²) < 4.78 is 1.12. The van der Waals surface area contributed by atoms with Crippen LogP contribution in [-0.4, -0.2) is 42.9 Å². The topological polar surface area (TPSA) is 85.3 Å². The molecule has 0 radical (unpaired) electrons. The van der Waals surface area contributed by atoms with Crippen LogP contribution in [0, 0.1) is 17.8 Å². The first-order valence-electron chi connectivity index (χ1n) is 13.3. The highest BCUT2D eigenvalue weighted by atomic mass is 32.1. The molecule has 3 heterocycles. The Morgan fingerprint density at radius 3 is 2.68 bits per heavy atom. The average molecular weight is 517 g/mol. The number of aryl methyl sites for hydroxylation is 2. The van der Waals surface area contributed by atoms with Gasteiger partial charge in [-0.3, -0.25) is 10.00 Å². The lowest BCUT2D eigenvalue weighted by Crippen LogP contribution is -2.34. The molecule has 4 aromatic rings. The Morgan fingerprint density at radius 2 is 1.92 bits per heavy atom. The Balaban J connectivity index is 1.44. The summed E-state index contributed by atoms with van der Waals surface area (Å²) in [6.07, 6.45) is 4.20. The lowest BCUT2D eigenvalue weighted by molar-refractivity contribution is 0.126. The van der Waals surface area contributed by atoms with Crippen LogP contribution in [-0.2, 0) is 13.0 Å². The average Bonchev–Trinajstić information content (AvgIpc) is 3.48. The third-order valence-electron chi connectivity index (χ3n) is 8.42. The Bertz CT molecular complexity index is 1470. The summed E-state index contributed by atoms with van der Waals surface area (Å²) >= 11 is 1.63. The quantitative estimate of drug-likeness (QED) is 0.265. The molecule has 1 aliphatic heterocycles. The molecule has 3 N–H and O–H groups in total. The van der Waals surface area contributed by atoms with Crippen molar-refractivity contribution in [2.75, 3.05) is 6.54 Å². The van der Waals surface area contributed by atoms with E-state index in [0.717, 1.165) is 45.0 Å². The number of para-hydroxylation sites is 1. The van der Waals surface area contributed by atoms with Crippen molar-refractivity contribution in [3.05, 3.63) is 47.2 Å². The molecule has 6 nitrogen and oxygen atoms in total. The molecule has 1 saturated heterocycles. The number of phenolic OH excluding ortho intramolecular Hbond substituents is 2. The summed E-state index contributed by atoms with van der Waals surface area (Å²) in [4.78, 5) is 7.36. The maximum atomic E-state index is 11.7. The molecule has 2 fully saturated rings. The molecule has 7 heteroatoms. The Kier molecular flexibility index (Phi) is 5.66. The van der Waals surface area contributed by atoms with E-state index in [1.54, 1.807) is 11.3 Å². The molecule has 2 bridgehead atoms. The number of nitrogens with one attached hydrogen (secondary N) is 1. The van der Waals surface area contributed by atoms with Gasteiger partial charge in [0.1, 0.15) is 22.2 Å². The molecule has 2 aromatic heterocycles. The molecule has 0 unspecified atom stereocenters. The monoisotopic (exact) mass is 516 g/mol. The number of hydrogen-bond donors (Lipinski definition) is 3. The zero-order valence-corrected chi connectivity index (χ0v) is 23.2. The van der Waals surface area contributed by atoms with E-state index in [1.807, 2.05) is 38.1 Å². The first-order valence-corrected chi connectivity index (χ1v) is 14.1. The minimum atomic E-state index is 0.120. The number of aromatic hydroxyl groups is 2. The van der Waals surface area contributed by atoms with E-state index in [0.29, 0.717) is 41.2 Å². The summed E-state index contributed by atoms with van der Waals surface area (Å²) in [5, 5.41) is 31.6. The number of rotatable bonds is 5. The second-order valence-electron chi connectivity index (χ2n) is 12.3. The van der Waals surface area contributed by atoms with Gasteiger partial charge >= 0.3 is 0 Å². The van der Waals surface area contributed by atoms with Crippen molar-refractivity contribution in [1.82, 2.24) is 20.1 Å². The normalized spacial score (nSPS) is 23.2. The number of aromatic nitrogens is 3. The van der Waals surface area contributed by atoms with E-state index in [-0.39, 0.29) is 16.9 Å². The molecule has 1 aliphatic carbocycles. The SMILES string of the molecule is CCc1cc(-c2n[nH]c(C)c2-c2nc3ccccc3s2)c(O)c(CN2C[C@@]3(C)C[C@@H]2CC(C)(C)C3)c1O. The molecule has 0 spiro atoms. The second-order valence-corrected chi connectivity index (χ2v) is 13.3. The highest BCUT2D eigenvalue weighted by Crippen LogP contribution is 2.54. The number of hydrogen-bond acceptors (Lipinski definition) is 6. The number of fused-ring (bicyclic) bond motifs is 3. The van der Waals surface area contributed by atoms with Gasteiger partial charge in [0.15, 0.2) is 0 Å². The maximum absolute atomic E-state index is 11.7. The van der Waals surface area contributed by atoms with Gasteiger partial charge in [-0.25, -0.2) is 4.98 Å². The van der Waals surface area contributed by atoms with Crippen LogP contribution < -0.4 is 0 Å². The fourth-order valence-electron chi connectivity index (χ4n) is 7.21. The first kappa shape index (κ1) is 24.4. The molecular weight excluding hydrogens is 480 g/mol. The van der Waals surface area contributed by atoms with E-state index < -0.39 is 0 Å². The first-order chi connectivity index (χ1) is 17.6. The smallest absolute Gasteiger partial charge is 0.133 e. The Morgan fingerprint density at radius 1 is 1.14 bits per heavy atom. The van der Waals surface area contributed by atoms with Crippen LogP contribution in [0.15, 0.2) is 30.3 Å². The molecule has 2 atom stereocenters. The van der Waals surface area contributed by atoms with Crippen LogP contribution in [0.5, 0.6) is 11.5 Å². The highest BCUT2D eigenvalue weighted by molar-refractivity contribution is 7.21. The molecule has 6 rings (SSSR count). The summed E-state index contributed by atoms with van der Waals surface area (Å²) in [5.41, 5.74) is 6.12. The summed E-state index contributed by atoms with van der Waals surface area (Å²) in [6, 6.07) is 10.5. The van der Waals surface area contributed by atoms with Crippen LogP contribution >= 0.6 is 11.3 Å². The number of nitrogens with zero attached hydrogens (tertiary/aromatic N) is 3. The largest absolute Gasteiger partial charge is 0.507 e. The second kappa shape index (κ2) is 8.57. The number of phenols is 2. The Hall–Kier alpha value is -2.90. The minimum Gasteiger partial charge on any atom is -0.507 e. The molecular formula is C30H36N4O2S. The van der Waals surface area contributed by atoms with Crippen molar-refractivity contribution < 1.29 is 10.2 Å². The van der Waals surface area contributed by atoms with Crippen molar-refractivity contribution in [2.45, 2.75) is 72.9 Å². The predicted molar refractivity (Wildman–Crippen MR) is 150 cm³/mol. The molecule has 1 saturated carbocycles. The summed E-state index contributed by atoms with van der Waals surface area (Å²) in [7, 11) is 0. The van der Waals surface area contributed by atoms with E-state index in [4.69, 9.17) is 4.98 Å². The van der Waals surface area contributed by atoms with Crippen molar-refractivity contribution in [3.8, 4) is 33.3 Å². The molecule has 194 valence electrons. The highest BCUT2D eigenvalue weighted by Gasteiger charge is 2.49. The predicted octanol–water partition coefficient (Wildman–Crippen LogP) is 7.04. The van der Waals surface area contributed by atoms with Crippen LogP contribution in [0.2, 0.25) is 0 Å². The summed E-state index contributed by atoms with van der Waals surface area (Å²) in [5.74, 6) is 0.331. The van der Waals surface area contributed by atoms with Crippen LogP contribution in [0.3, 0.4) is 0 Å².